The molecule has 2 aliphatic heterocycles. The number of hydrogen-bond acceptors (Lipinski definition) is 5. The highest BCUT2D eigenvalue weighted by molar-refractivity contribution is 7.80. The molecule has 2 aliphatic rings. The Balaban J connectivity index is 1.83. The fourth-order valence-corrected chi connectivity index (χ4v) is 3.15. The third-order valence-electron chi connectivity index (χ3n) is 4.15. The maximum Gasteiger partial charge on any atom is 0.225 e. The second kappa shape index (κ2) is 5.05. The van der Waals surface area contributed by atoms with Crippen molar-refractivity contribution in [2.24, 2.45) is 5.92 Å². The van der Waals surface area contributed by atoms with Crippen LogP contribution in [-0.4, -0.2) is 41.4 Å². The van der Waals surface area contributed by atoms with Crippen LogP contribution in [0.25, 0.3) is 0 Å². The summed E-state index contributed by atoms with van der Waals surface area (Å²) in [6.45, 7) is 5.47. The summed E-state index contributed by atoms with van der Waals surface area (Å²) in [6, 6.07) is 2.59. The van der Waals surface area contributed by atoms with E-state index in [4.69, 9.17) is 4.98 Å². The van der Waals surface area contributed by atoms with Crippen molar-refractivity contribution in [3.05, 3.63) is 18.0 Å². The number of thiol groups is 1. The summed E-state index contributed by atoms with van der Waals surface area (Å²) < 4.78 is 0. The van der Waals surface area contributed by atoms with E-state index in [2.05, 4.69) is 34.8 Å². The number of rotatable bonds is 3. The van der Waals surface area contributed by atoms with Crippen LogP contribution < -0.4 is 10.2 Å². The summed E-state index contributed by atoms with van der Waals surface area (Å²) in [6.07, 6.45) is 3.14. The topological polar surface area (TPSA) is 41.1 Å². The van der Waals surface area contributed by atoms with E-state index in [0.29, 0.717) is 12.0 Å². The maximum atomic E-state index is 4.72. The van der Waals surface area contributed by atoms with Crippen LogP contribution in [0.15, 0.2) is 12.3 Å². The number of hydrogen-bond donors (Lipinski definition) is 2. The lowest BCUT2D eigenvalue weighted by Crippen LogP contribution is -2.35. The van der Waals surface area contributed by atoms with Crippen LogP contribution in [0, 0.1) is 5.92 Å². The summed E-state index contributed by atoms with van der Waals surface area (Å²) in [5.74, 6) is 2.89. The first-order valence-corrected chi connectivity index (χ1v) is 7.34. The Morgan fingerprint density at radius 2 is 2.44 bits per heavy atom. The molecule has 2 fully saturated rings. The zero-order valence-electron chi connectivity index (χ0n) is 10.7. The molecule has 2 saturated heterocycles. The van der Waals surface area contributed by atoms with Crippen molar-refractivity contribution < 1.29 is 0 Å². The largest absolute Gasteiger partial charge is 0.336 e. The Morgan fingerprint density at radius 1 is 1.56 bits per heavy atom. The first-order valence-electron chi connectivity index (χ1n) is 6.70. The van der Waals surface area contributed by atoms with Crippen molar-refractivity contribution >= 4 is 18.6 Å². The SMILES string of the molecule is CC(CS)c1ccnc(N2CC[C@@H]3CNC[C@@H]32)n1. The van der Waals surface area contributed by atoms with Gasteiger partial charge in [0.25, 0.3) is 0 Å². The van der Waals surface area contributed by atoms with Crippen molar-refractivity contribution in [3.8, 4) is 0 Å². The molecule has 1 aromatic heterocycles. The molecule has 0 radical (unpaired) electrons. The average molecular weight is 264 g/mol. The van der Waals surface area contributed by atoms with Crippen LogP contribution in [0.4, 0.5) is 5.95 Å². The molecule has 1 N–H and O–H groups in total. The lowest BCUT2D eigenvalue weighted by atomic mass is 10.1. The van der Waals surface area contributed by atoms with Gasteiger partial charge in [-0.2, -0.15) is 12.6 Å². The van der Waals surface area contributed by atoms with E-state index in [1.807, 2.05) is 12.3 Å². The normalized spacial score (nSPS) is 28.4. The number of anilines is 1. The smallest absolute Gasteiger partial charge is 0.225 e. The molecule has 0 spiro atoms. The summed E-state index contributed by atoms with van der Waals surface area (Å²) in [4.78, 5) is 11.6. The second-order valence-corrected chi connectivity index (χ2v) is 5.70. The average Bonchev–Trinajstić information content (AvgIpc) is 3.00. The van der Waals surface area contributed by atoms with Crippen molar-refractivity contribution in [1.82, 2.24) is 15.3 Å². The van der Waals surface area contributed by atoms with Gasteiger partial charge in [0.05, 0.1) is 0 Å². The van der Waals surface area contributed by atoms with E-state index in [0.717, 1.165) is 42.9 Å². The molecule has 0 amide bonds. The van der Waals surface area contributed by atoms with E-state index >= 15 is 0 Å². The Kier molecular flexibility index (Phi) is 3.43. The van der Waals surface area contributed by atoms with Gasteiger partial charge in [0.15, 0.2) is 0 Å². The van der Waals surface area contributed by atoms with Gasteiger partial charge < -0.3 is 10.2 Å². The predicted molar refractivity (Wildman–Crippen MR) is 76.4 cm³/mol. The van der Waals surface area contributed by atoms with Crippen molar-refractivity contribution in [1.29, 1.82) is 0 Å². The fraction of sp³-hybridized carbons (Fsp3) is 0.692. The summed E-state index contributed by atoms with van der Waals surface area (Å²) in [5, 5.41) is 3.46. The summed E-state index contributed by atoms with van der Waals surface area (Å²) >= 11 is 4.35. The Hall–Kier alpha value is -0.810. The van der Waals surface area contributed by atoms with Gasteiger partial charge in [-0.15, -0.1) is 0 Å². The Bertz CT molecular complexity index is 425. The van der Waals surface area contributed by atoms with Gasteiger partial charge in [-0.25, -0.2) is 9.97 Å². The molecular formula is C13H20N4S. The minimum atomic E-state index is 0.384. The molecule has 0 saturated carbocycles. The van der Waals surface area contributed by atoms with Gasteiger partial charge >= 0.3 is 0 Å². The van der Waals surface area contributed by atoms with Gasteiger partial charge in [0, 0.05) is 43.5 Å². The molecule has 0 bridgehead atoms. The molecule has 3 rings (SSSR count). The Labute approximate surface area is 114 Å². The lowest BCUT2D eigenvalue weighted by Gasteiger charge is -2.24. The molecule has 0 aliphatic carbocycles. The van der Waals surface area contributed by atoms with E-state index in [-0.39, 0.29) is 0 Å². The monoisotopic (exact) mass is 264 g/mol. The zero-order chi connectivity index (χ0) is 12.5. The van der Waals surface area contributed by atoms with Gasteiger partial charge in [-0.3, -0.25) is 0 Å². The van der Waals surface area contributed by atoms with Crippen molar-refractivity contribution in [2.75, 3.05) is 30.3 Å². The van der Waals surface area contributed by atoms with Gasteiger partial charge in [0.2, 0.25) is 5.95 Å². The van der Waals surface area contributed by atoms with Gasteiger partial charge in [-0.05, 0) is 24.2 Å². The second-order valence-electron chi connectivity index (χ2n) is 5.33. The molecule has 1 unspecified atom stereocenters. The highest BCUT2D eigenvalue weighted by Gasteiger charge is 2.38. The fourth-order valence-electron chi connectivity index (χ4n) is 2.97. The number of nitrogens with zero attached hydrogens (tertiary/aromatic N) is 3. The van der Waals surface area contributed by atoms with Crippen molar-refractivity contribution in [3.63, 3.8) is 0 Å². The van der Waals surface area contributed by atoms with Crippen LogP contribution in [0.1, 0.15) is 25.0 Å². The Morgan fingerprint density at radius 3 is 3.28 bits per heavy atom. The van der Waals surface area contributed by atoms with E-state index in [1.54, 1.807) is 0 Å². The number of fused-ring (bicyclic) bond motifs is 1. The van der Waals surface area contributed by atoms with Gasteiger partial charge in [0.1, 0.15) is 0 Å². The standard InChI is InChI=1S/C13H20N4S/c1-9(8-18)11-2-4-15-13(16-11)17-5-3-10-6-14-7-12(10)17/h2,4,9-10,12,14,18H,3,5-8H2,1H3/t9?,10-,12+/m1/s1. The molecular weight excluding hydrogens is 244 g/mol. The molecule has 4 nitrogen and oxygen atoms in total. The minimum absolute atomic E-state index is 0.384. The number of nitrogens with one attached hydrogen (secondary N) is 1. The molecule has 98 valence electrons. The first kappa shape index (κ1) is 12.2. The zero-order valence-corrected chi connectivity index (χ0v) is 11.6. The highest BCUT2D eigenvalue weighted by atomic mass is 32.1. The molecule has 3 atom stereocenters. The molecule has 1 aromatic rings. The maximum absolute atomic E-state index is 4.72. The predicted octanol–water partition coefficient (Wildman–Crippen LogP) is 1.31. The molecule has 18 heavy (non-hydrogen) atoms. The number of aromatic nitrogens is 2. The first-order chi connectivity index (χ1) is 8.79. The third-order valence-corrected chi connectivity index (χ3v) is 4.69. The third kappa shape index (κ3) is 2.10. The van der Waals surface area contributed by atoms with Crippen LogP contribution in [-0.2, 0) is 0 Å². The van der Waals surface area contributed by atoms with Crippen LogP contribution in [0.2, 0.25) is 0 Å². The molecule has 0 aromatic carbocycles. The van der Waals surface area contributed by atoms with Crippen LogP contribution >= 0.6 is 12.6 Å². The molecule has 3 heterocycles. The summed E-state index contributed by atoms with van der Waals surface area (Å²) in [5.41, 5.74) is 1.10. The van der Waals surface area contributed by atoms with Gasteiger partial charge in [-0.1, -0.05) is 6.92 Å². The lowest BCUT2D eigenvalue weighted by molar-refractivity contribution is 0.575. The molecule has 5 heteroatoms. The minimum Gasteiger partial charge on any atom is -0.336 e. The van der Waals surface area contributed by atoms with E-state index in [1.165, 1.54) is 6.42 Å². The van der Waals surface area contributed by atoms with E-state index < -0.39 is 0 Å². The highest BCUT2D eigenvalue weighted by Crippen LogP contribution is 2.30. The van der Waals surface area contributed by atoms with E-state index in [9.17, 15) is 0 Å². The quantitative estimate of drug-likeness (QED) is 0.808. The van der Waals surface area contributed by atoms with Crippen molar-refractivity contribution in [2.45, 2.75) is 25.3 Å². The summed E-state index contributed by atoms with van der Waals surface area (Å²) in [7, 11) is 0. The van der Waals surface area contributed by atoms with Crippen LogP contribution in [0.3, 0.4) is 0 Å². The van der Waals surface area contributed by atoms with Crippen LogP contribution in [0.5, 0.6) is 0 Å².